The molecule has 7 aromatic carbocycles. The normalized spacial score (nSPS) is 18.2. The van der Waals surface area contributed by atoms with Crippen molar-refractivity contribution in [3.8, 4) is 11.1 Å². The highest BCUT2D eigenvalue weighted by Crippen LogP contribution is 2.42. The van der Waals surface area contributed by atoms with Crippen LogP contribution < -0.4 is 16.0 Å². The minimum Gasteiger partial charge on any atom is -0.456 e. The number of fused-ring (bicyclic) bond motifs is 9. The molecule has 3 atom stereocenters. The quantitative estimate of drug-likeness (QED) is 0.173. The zero-order valence-electron chi connectivity index (χ0n) is 27.4. The molecule has 1 aliphatic rings. The van der Waals surface area contributed by atoms with E-state index in [1.807, 2.05) is 29.5 Å². The summed E-state index contributed by atoms with van der Waals surface area (Å²) < 4.78 is 15.6. The molecule has 0 radical (unpaired) electrons. The number of furan rings is 2. The summed E-state index contributed by atoms with van der Waals surface area (Å²) in [5.41, 5.74) is 9.32. The molecular formula is C45H31N3O2S. The summed E-state index contributed by atoms with van der Waals surface area (Å²) >= 11 is 1.86. The van der Waals surface area contributed by atoms with E-state index in [9.17, 15) is 0 Å². The summed E-state index contributed by atoms with van der Waals surface area (Å²) in [6.45, 7) is 0. The first-order valence-electron chi connectivity index (χ1n) is 17.4. The first-order chi connectivity index (χ1) is 25.3. The largest absolute Gasteiger partial charge is 0.456 e. The number of benzene rings is 7. The van der Waals surface area contributed by atoms with Crippen LogP contribution >= 0.6 is 11.3 Å². The van der Waals surface area contributed by atoms with E-state index < -0.39 is 0 Å². The molecule has 10 aromatic rings. The van der Waals surface area contributed by atoms with Crippen molar-refractivity contribution in [3.63, 3.8) is 0 Å². The van der Waals surface area contributed by atoms with Gasteiger partial charge in [-0.2, -0.15) is 0 Å². The summed E-state index contributed by atoms with van der Waals surface area (Å²) in [4.78, 5) is 0. The summed E-state index contributed by atoms with van der Waals surface area (Å²) in [5.74, 6) is 0. The van der Waals surface area contributed by atoms with Crippen LogP contribution in [0.3, 0.4) is 0 Å². The van der Waals surface area contributed by atoms with Gasteiger partial charge in [-0.05, 0) is 47.0 Å². The Kier molecular flexibility index (Phi) is 6.48. The maximum absolute atomic E-state index is 6.75. The van der Waals surface area contributed by atoms with Crippen LogP contribution in [-0.4, -0.2) is 0 Å². The van der Waals surface area contributed by atoms with Crippen LogP contribution in [0.5, 0.6) is 0 Å². The number of hydrogen-bond donors (Lipinski definition) is 3. The number of rotatable bonds is 4. The van der Waals surface area contributed by atoms with Crippen molar-refractivity contribution in [1.29, 1.82) is 0 Å². The van der Waals surface area contributed by atoms with Gasteiger partial charge in [-0.3, -0.25) is 16.0 Å². The van der Waals surface area contributed by atoms with Gasteiger partial charge in [0.1, 0.15) is 22.3 Å². The predicted molar refractivity (Wildman–Crippen MR) is 210 cm³/mol. The maximum atomic E-state index is 6.75. The van der Waals surface area contributed by atoms with Crippen molar-refractivity contribution in [3.05, 3.63) is 168 Å². The monoisotopic (exact) mass is 677 g/mol. The molecule has 4 heterocycles. The van der Waals surface area contributed by atoms with Gasteiger partial charge in [0.25, 0.3) is 0 Å². The van der Waals surface area contributed by atoms with E-state index >= 15 is 0 Å². The van der Waals surface area contributed by atoms with Crippen molar-refractivity contribution in [2.24, 2.45) is 0 Å². The Balaban J connectivity index is 1.04. The van der Waals surface area contributed by atoms with Crippen LogP contribution in [0, 0.1) is 0 Å². The molecule has 0 spiro atoms. The Hall–Kier alpha value is -5.76. The van der Waals surface area contributed by atoms with Crippen molar-refractivity contribution < 1.29 is 8.83 Å². The van der Waals surface area contributed by atoms with Gasteiger partial charge in [0.15, 0.2) is 0 Å². The molecule has 1 aliphatic heterocycles. The Morgan fingerprint density at radius 2 is 1.12 bits per heavy atom. The van der Waals surface area contributed by atoms with E-state index in [1.165, 1.54) is 31.3 Å². The summed E-state index contributed by atoms with van der Waals surface area (Å²) in [6, 6.07) is 53.6. The second kappa shape index (κ2) is 11.4. The zero-order valence-corrected chi connectivity index (χ0v) is 28.2. The van der Waals surface area contributed by atoms with E-state index in [1.54, 1.807) is 0 Å². The summed E-state index contributed by atoms with van der Waals surface area (Å²) in [5, 5.41) is 18.7. The molecule has 3 unspecified atom stereocenters. The molecule has 0 amide bonds. The van der Waals surface area contributed by atoms with Gasteiger partial charge in [-0.1, -0.05) is 121 Å². The van der Waals surface area contributed by atoms with Gasteiger partial charge in [-0.25, -0.2) is 0 Å². The molecule has 1 saturated heterocycles. The Bertz CT molecular complexity index is 2940. The molecule has 244 valence electrons. The van der Waals surface area contributed by atoms with E-state index in [0.29, 0.717) is 0 Å². The molecule has 5 nitrogen and oxygen atoms in total. The highest BCUT2D eigenvalue weighted by Gasteiger charge is 2.32. The van der Waals surface area contributed by atoms with E-state index in [0.717, 1.165) is 60.6 Å². The summed E-state index contributed by atoms with van der Waals surface area (Å²) in [7, 11) is 0. The van der Waals surface area contributed by atoms with Gasteiger partial charge >= 0.3 is 0 Å². The third kappa shape index (κ3) is 4.58. The van der Waals surface area contributed by atoms with Crippen molar-refractivity contribution in [2.45, 2.75) is 18.5 Å². The van der Waals surface area contributed by atoms with Crippen LogP contribution in [-0.2, 0) is 0 Å². The maximum Gasteiger partial charge on any atom is 0.141 e. The molecule has 0 saturated carbocycles. The fraction of sp³-hybridized carbons (Fsp3) is 0.0667. The van der Waals surface area contributed by atoms with Gasteiger partial charge in [0, 0.05) is 52.8 Å². The lowest BCUT2D eigenvalue weighted by Crippen LogP contribution is -2.54. The predicted octanol–water partition coefficient (Wildman–Crippen LogP) is 11.7. The average molecular weight is 678 g/mol. The minimum absolute atomic E-state index is 0.0939. The van der Waals surface area contributed by atoms with Gasteiger partial charge in [0.05, 0.1) is 18.5 Å². The molecule has 6 heteroatoms. The van der Waals surface area contributed by atoms with E-state index in [4.69, 9.17) is 8.83 Å². The highest BCUT2D eigenvalue weighted by molar-refractivity contribution is 7.26. The smallest absolute Gasteiger partial charge is 0.141 e. The Labute approximate surface area is 297 Å². The van der Waals surface area contributed by atoms with Gasteiger partial charge in [0.2, 0.25) is 0 Å². The molecule has 11 rings (SSSR count). The van der Waals surface area contributed by atoms with Crippen LogP contribution in [0.2, 0.25) is 0 Å². The number of nitrogens with one attached hydrogen (secondary N) is 3. The van der Waals surface area contributed by atoms with Crippen LogP contribution in [0.1, 0.15) is 35.2 Å². The second-order valence-corrected chi connectivity index (χ2v) is 14.4. The fourth-order valence-corrected chi connectivity index (χ4v) is 9.31. The van der Waals surface area contributed by atoms with Crippen molar-refractivity contribution in [2.75, 3.05) is 0 Å². The number of thiophene rings is 1. The fourth-order valence-electron chi connectivity index (χ4n) is 8.07. The molecule has 1 fully saturated rings. The van der Waals surface area contributed by atoms with Crippen molar-refractivity contribution >= 4 is 75.4 Å². The number of para-hydroxylation sites is 2. The molecule has 3 aromatic heterocycles. The standard InChI is InChI=1S/C45H31N3O2S/c1-2-11-26(12-3-1)43-46-44(48-45(47-43)34-19-9-17-31-29-13-5-7-22-39(29)51-42(31)34)33-18-8-16-30-35-25-27(23-24-37(35)50-41(30)33)28-15-10-21-38-40(28)32-14-4-6-20-36(32)49-38/h1-25,43-48H. The van der Waals surface area contributed by atoms with Crippen molar-refractivity contribution in [1.82, 2.24) is 16.0 Å². The lowest BCUT2D eigenvalue weighted by Gasteiger charge is -2.39. The molecule has 51 heavy (non-hydrogen) atoms. The molecule has 0 aliphatic carbocycles. The van der Waals surface area contributed by atoms with Gasteiger partial charge in [-0.15, -0.1) is 11.3 Å². The number of hydrogen-bond acceptors (Lipinski definition) is 6. The van der Waals surface area contributed by atoms with Gasteiger partial charge < -0.3 is 8.83 Å². The first-order valence-corrected chi connectivity index (χ1v) is 18.2. The minimum atomic E-state index is -0.194. The van der Waals surface area contributed by atoms with E-state index in [-0.39, 0.29) is 18.5 Å². The topological polar surface area (TPSA) is 62.4 Å². The lowest BCUT2D eigenvalue weighted by atomic mass is 9.97. The zero-order chi connectivity index (χ0) is 33.5. The third-order valence-corrected chi connectivity index (χ3v) is 11.7. The first kappa shape index (κ1) is 29.0. The Morgan fingerprint density at radius 1 is 0.451 bits per heavy atom. The van der Waals surface area contributed by atoms with Crippen LogP contribution in [0.25, 0.3) is 75.2 Å². The van der Waals surface area contributed by atoms with E-state index in [2.05, 4.69) is 149 Å². The third-order valence-electron chi connectivity index (χ3n) is 10.4. The summed E-state index contributed by atoms with van der Waals surface area (Å²) in [6.07, 6.45) is -0.404. The SMILES string of the molecule is c1ccc(C2NC(c3cccc4c3oc3ccc(-c5cccc6oc7ccccc7c56)cc34)NC(c3cccc4c3sc3ccccc34)N2)cc1. The molecule has 0 bridgehead atoms. The lowest BCUT2D eigenvalue weighted by molar-refractivity contribution is 0.204. The van der Waals surface area contributed by atoms with Crippen LogP contribution in [0.4, 0.5) is 0 Å². The molecule has 3 N–H and O–H groups in total. The average Bonchev–Trinajstić information content (AvgIpc) is 3.89. The second-order valence-electron chi connectivity index (χ2n) is 13.3. The molecular weight excluding hydrogens is 647 g/mol. The Morgan fingerprint density at radius 3 is 2.02 bits per heavy atom. The van der Waals surface area contributed by atoms with Crippen LogP contribution in [0.15, 0.2) is 160 Å². The highest BCUT2D eigenvalue weighted by atomic mass is 32.1.